The summed E-state index contributed by atoms with van der Waals surface area (Å²) in [6, 6.07) is 20.5. The van der Waals surface area contributed by atoms with Crippen molar-refractivity contribution < 1.29 is 13.6 Å². The second-order valence-electron chi connectivity index (χ2n) is 6.99. The summed E-state index contributed by atoms with van der Waals surface area (Å²) in [5.41, 5.74) is 8.65. The summed E-state index contributed by atoms with van der Waals surface area (Å²) in [7, 11) is 0. The van der Waals surface area contributed by atoms with Crippen molar-refractivity contribution in [1.29, 1.82) is 0 Å². The van der Waals surface area contributed by atoms with Crippen LogP contribution in [0.1, 0.15) is 15.9 Å². The Hall–Kier alpha value is -3.51. The highest BCUT2D eigenvalue weighted by molar-refractivity contribution is 7.13. The number of carbonyl (C=O) groups is 1. The van der Waals surface area contributed by atoms with Crippen LogP contribution in [-0.4, -0.2) is 10.5 Å². The second-order valence-corrected chi connectivity index (χ2v) is 7.94. The zero-order valence-electron chi connectivity index (χ0n) is 15.7. The molecule has 0 saturated carbocycles. The lowest BCUT2D eigenvalue weighted by Crippen LogP contribution is -2.11. The van der Waals surface area contributed by atoms with Crippen LogP contribution in [0.15, 0.2) is 66.0 Å². The highest BCUT2D eigenvalue weighted by Gasteiger charge is 2.19. The first-order chi connectivity index (χ1) is 14.5. The molecule has 2 N–H and O–H groups in total. The Bertz CT molecular complexity index is 1420. The molecule has 0 spiro atoms. The Kier molecular flexibility index (Phi) is 4.37. The average molecular weight is 417 g/mol. The Morgan fingerprint density at radius 2 is 1.90 bits per heavy atom. The van der Waals surface area contributed by atoms with Gasteiger partial charge in [0.05, 0.1) is 17.6 Å². The van der Waals surface area contributed by atoms with Crippen LogP contribution in [0.2, 0.25) is 0 Å². The molecule has 1 radical (unpaired) electrons. The number of thiophene rings is 1. The molecular formula is C24H15F2N2OS. The monoisotopic (exact) mass is 417 g/mol. The van der Waals surface area contributed by atoms with E-state index in [4.69, 9.17) is 5.73 Å². The first kappa shape index (κ1) is 18.5. The van der Waals surface area contributed by atoms with Gasteiger partial charge in [0.1, 0.15) is 0 Å². The molecule has 0 saturated heterocycles. The lowest BCUT2D eigenvalue weighted by Gasteiger charge is -2.10. The predicted octanol–water partition coefficient (Wildman–Crippen LogP) is 5.75. The fraction of sp³-hybridized carbons (Fsp3) is 0.0417. The third-order valence-electron chi connectivity index (χ3n) is 5.23. The molecular weight excluding hydrogens is 402 g/mol. The third kappa shape index (κ3) is 2.88. The van der Waals surface area contributed by atoms with Crippen molar-refractivity contribution in [1.82, 2.24) is 4.57 Å². The first-order valence-electron chi connectivity index (χ1n) is 9.28. The minimum atomic E-state index is -0.892. The smallest absolute Gasteiger partial charge is 0.249 e. The van der Waals surface area contributed by atoms with E-state index >= 15 is 0 Å². The van der Waals surface area contributed by atoms with Crippen molar-refractivity contribution in [3.63, 3.8) is 0 Å². The van der Waals surface area contributed by atoms with Gasteiger partial charge in [-0.25, -0.2) is 8.78 Å². The second kappa shape index (κ2) is 7.07. The van der Waals surface area contributed by atoms with E-state index in [-0.39, 0.29) is 12.1 Å². The number of rotatable bonds is 4. The topological polar surface area (TPSA) is 48.0 Å². The number of carbonyl (C=O) groups excluding carboxylic acids is 1. The molecule has 5 aromatic rings. The molecule has 0 atom stereocenters. The molecule has 3 aromatic carbocycles. The summed E-state index contributed by atoms with van der Waals surface area (Å²) < 4.78 is 30.1. The zero-order valence-corrected chi connectivity index (χ0v) is 16.5. The Morgan fingerprint density at radius 1 is 1.07 bits per heavy atom. The number of benzene rings is 3. The number of primary amides is 1. The Balaban J connectivity index is 1.83. The van der Waals surface area contributed by atoms with Gasteiger partial charge in [-0.2, -0.15) is 0 Å². The standard InChI is InChI=1S/C24H15F2N2OS/c25-18-6-1-4-15(23(18)26)13-28-19-7-2-5-17(24(27)29)22(19)16-10-9-14(12-20(16)28)21-8-3-11-30-21/h1-9,11-12H,13H2,(H2,27,29). The number of halogens is 2. The van der Waals surface area contributed by atoms with E-state index < -0.39 is 17.5 Å². The van der Waals surface area contributed by atoms with Gasteiger partial charge in [0, 0.05) is 26.8 Å². The fourth-order valence-corrected chi connectivity index (χ4v) is 4.57. The van der Waals surface area contributed by atoms with Crippen LogP contribution in [0.5, 0.6) is 0 Å². The van der Waals surface area contributed by atoms with Gasteiger partial charge in [-0.05, 0) is 53.4 Å². The number of amides is 1. The minimum absolute atomic E-state index is 0.105. The maximum atomic E-state index is 14.4. The summed E-state index contributed by atoms with van der Waals surface area (Å²) >= 11 is 1.60. The molecule has 0 unspecified atom stereocenters. The highest BCUT2D eigenvalue weighted by atomic mass is 32.1. The van der Waals surface area contributed by atoms with Crippen LogP contribution < -0.4 is 5.73 Å². The minimum Gasteiger partial charge on any atom is -0.366 e. The van der Waals surface area contributed by atoms with E-state index in [0.29, 0.717) is 16.5 Å². The molecule has 30 heavy (non-hydrogen) atoms. The Morgan fingerprint density at radius 3 is 2.67 bits per heavy atom. The molecule has 2 heterocycles. The predicted molar refractivity (Wildman–Crippen MR) is 116 cm³/mol. The number of hydrogen-bond donors (Lipinski definition) is 1. The summed E-state index contributed by atoms with van der Waals surface area (Å²) in [4.78, 5) is 13.1. The number of nitrogens with two attached hydrogens (primary N) is 1. The van der Waals surface area contributed by atoms with Crippen LogP contribution in [0.3, 0.4) is 0 Å². The van der Waals surface area contributed by atoms with Crippen LogP contribution >= 0.6 is 11.3 Å². The third-order valence-corrected chi connectivity index (χ3v) is 6.14. The lowest BCUT2D eigenvalue weighted by molar-refractivity contribution is 0.100. The summed E-state index contributed by atoms with van der Waals surface area (Å²) in [5, 5.41) is 3.37. The van der Waals surface area contributed by atoms with E-state index in [9.17, 15) is 13.6 Å². The van der Waals surface area contributed by atoms with Crippen molar-refractivity contribution in [2.45, 2.75) is 6.54 Å². The first-order valence-corrected chi connectivity index (χ1v) is 10.2. The lowest BCUT2D eigenvalue weighted by atomic mass is 10.0. The van der Waals surface area contributed by atoms with E-state index in [1.807, 2.05) is 40.3 Å². The molecule has 5 rings (SSSR count). The number of nitrogens with zero attached hydrogens (tertiary/aromatic N) is 1. The molecule has 6 heteroatoms. The van der Waals surface area contributed by atoms with Crippen molar-refractivity contribution >= 4 is 39.0 Å². The fourth-order valence-electron chi connectivity index (χ4n) is 3.86. The number of aromatic nitrogens is 1. The van der Waals surface area contributed by atoms with E-state index in [0.717, 1.165) is 27.4 Å². The zero-order chi connectivity index (χ0) is 20.8. The maximum absolute atomic E-state index is 14.4. The van der Waals surface area contributed by atoms with Gasteiger partial charge in [0.25, 0.3) is 0 Å². The molecule has 0 aliphatic heterocycles. The largest absolute Gasteiger partial charge is 0.366 e. The van der Waals surface area contributed by atoms with Gasteiger partial charge in [-0.3, -0.25) is 4.79 Å². The van der Waals surface area contributed by atoms with Gasteiger partial charge in [0.15, 0.2) is 11.6 Å². The maximum Gasteiger partial charge on any atom is 0.249 e. The normalized spacial score (nSPS) is 11.4. The summed E-state index contributed by atoms with van der Waals surface area (Å²) in [6.45, 7) is 0.105. The van der Waals surface area contributed by atoms with E-state index in [1.54, 1.807) is 29.5 Å². The number of fused-ring (bicyclic) bond motifs is 3. The van der Waals surface area contributed by atoms with Crippen molar-refractivity contribution in [2.24, 2.45) is 5.73 Å². The quantitative estimate of drug-likeness (QED) is 0.398. The van der Waals surface area contributed by atoms with E-state index in [2.05, 4.69) is 6.07 Å². The summed E-state index contributed by atoms with van der Waals surface area (Å²) in [5.74, 6) is -2.32. The Labute approximate surface area is 175 Å². The molecule has 2 aromatic heterocycles. The van der Waals surface area contributed by atoms with E-state index in [1.165, 1.54) is 6.07 Å². The summed E-state index contributed by atoms with van der Waals surface area (Å²) in [6.07, 6.45) is 0. The molecule has 1 amide bonds. The molecule has 147 valence electrons. The van der Waals surface area contributed by atoms with Gasteiger partial charge < -0.3 is 10.3 Å². The van der Waals surface area contributed by atoms with Crippen LogP contribution in [-0.2, 0) is 6.54 Å². The SMILES string of the molecule is NC(=O)c1cccc2c1c1[c]cc(-c3cccs3)cc1n2Cc1cccc(F)c1F. The van der Waals surface area contributed by atoms with Gasteiger partial charge in [0.2, 0.25) is 5.91 Å². The highest BCUT2D eigenvalue weighted by Crippen LogP contribution is 2.35. The molecule has 0 aliphatic carbocycles. The van der Waals surface area contributed by atoms with Crippen LogP contribution in [0.4, 0.5) is 8.78 Å². The number of hydrogen-bond acceptors (Lipinski definition) is 2. The van der Waals surface area contributed by atoms with Crippen LogP contribution in [0.25, 0.3) is 32.2 Å². The molecule has 0 bridgehead atoms. The average Bonchev–Trinajstić information content (AvgIpc) is 3.38. The van der Waals surface area contributed by atoms with Gasteiger partial charge in [-0.15, -0.1) is 11.3 Å². The van der Waals surface area contributed by atoms with Gasteiger partial charge in [-0.1, -0.05) is 24.3 Å². The van der Waals surface area contributed by atoms with Crippen molar-refractivity contribution in [3.8, 4) is 10.4 Å². The van der Waals surface area contributed by atoms with Crippen LogP contribution in [0, 0.1) is 17.7 Å². The van der Waals surface area contributed by atoms with Gasteiger partial charge >= 0.3 is 0 Å². The van der Waals surface area contributed by atoms with Crippen molar-refractivity contribution in [3.05, 3.63) is 94.9 Å². The molecule has 0 fully saturated rings. The van der Waals surface area contributed by atoms with Crippen molar-refractivity contribution in [2.75, 3.05) is 0 Å². The molecule has 0 aliphatic rings. The molecule has 3 nitrogen and oxygen atoms in total.